The van der Waals surface area contributed by atoms with Crippen molar-refractivity contribution < 1.29 is 4.79 Å². The predicted molar refractivity (Wildman–Crippen MR) is 99.7 cm³/mol. The summed E-state index contributed by atoms with van der Waals surface area (Å²) in [5, 5.41) is 3.52. The molecule has 0 aliphatic carbocycles. The number of benzene rings is 1. The molecule has 1 aromatic heterocycles. The van der Waals surface area contributed by atoms with Gasteiger partial charge in [0.2, 0.25) is 5.91 Å². The maximum absolute atomic E-state index is 12.4. The minimum absolute atomic E-state index is 0.0557. The highest BCUT2D eigenvalue weighted by atomic mass is 35.5. The Bertz CT molecular complexity index is 719. The molecule has 1 fully saturated rings. The molecule has 1 aromatic carbocycles. The first-order valence-corrected chi connectivity index (χ1v) is 8.98. The maximum atomic E-state index is 12.4. The van der Waals surface area contributed by atoms with Crippen LogP contribution in [-0.4, -0.2) is 29.0 Å². The second kappa shape index (κ2) is 7.83. The van der Waals surface area contributed by atoms with E-state index >= 15 is 0 Å². The fourth-order valence-electron chi connectivity index (χ4n) is 3.09. The van der Waals surface area contributed by atoms with Crippen molar-refractivity contribution in [2.75, 3.05) is 18.0 Å². The molecule has 6 heteroatoms. The number of aryl methyl sites for hydroxylation is 2. The summed E-state index contributed by atoms with van der Waals surface area (Å²) in [5.41, 5.74) is 2.35. The minimum Gasteiger partial charge on any atom is -0.356 e. The van der Waals surface area contributed by atoms with Crippen LogP contribution in [0.4, 0.5) is 5.82 Å². The molecular weight excluding hydrogens is 336 g/mol. The molecule has 0 atom stereocenters. The van der Waals surface area contributed by atoms with Crippen LogP contribution in [0.15, 0.2) is 30.3 Å². The van der Waals surface area contributed by atoms with E-state index in [1.54, 1.807) is 6.07 Å². The second-order valence-corrected chi connectivity index (χ2v) is 6.95. The van der Waals surface area contributed by atoms with Crippen molar-refractivity contribution in [1.29, 1.82) is 0 Å². The number of nitrogens with one attached hydrogen (secondary N) is 1. The second-order valence-electron chi connectivity index (χ2n) is 6.56. The van der Waals surface area contributed by atoms with Crippen LogP contribution in [0.5, 0.6) is 0 Å². The highest BCUT2D eigenvalue weighted by molar-refractivity contribution is 6.29. The van der Waals surface area contributed by atoms with Gasteiger partial charge in [-0.05, 0) is 32.3 Å². The monoisotopic (exact) mass is 358 g/mol. The van der Waals surface area contributed by atoms with Crippen LogP contribution < -0.4 is 10.2 Å². The third-order valence-corrected chi connectivity index (χ3v) is 4.76. The summed E-state index contributed by atoms with van der Waals surface area (Å²) in [6.07, 6.45) is 1.64. The van der Waals surface area contributed by atoms with Crippen molar-refractivity contribution in [2.24, 2.45) is 5.92 Å². The Hall–Kier alpha value is -2.14. The maximum Gasteiger partial charge on any atom is 0.223 e. The van der Waals surface area contributed by atoms with Gasteiger partial charge in [0.1, 0.15) is 16.8 Å². The molecule has 1 aliphatic rings. The lowest BCUT2D eigenvalue weighted by Gasteiger charge is -2.32. The molecule has 0 bridgehead atoms. The average Bonchev–Trinajstić information content (AvgIpc) is 2.60. The van der Waals surface area contributed by atoms with Crippen LogP contribution in [0.1, 0.15) is 29.8 Å². The smallest absolute Gasteiger partial charge is 0.223 e. The van der Waals surface area contributed by atoms with Gasteiger partial charge in [-0.1, -0.05) is 41.4 Å². The highest BCUT2D eigenvalue weighted by Crippen LogP contribution is 2.23. The number of halogens is 1. The molecule has 0 saturated carbocycles. The van der Waals surface area contributed by atoms with E-state index in [0.29, 0.717) is 17.5 Å². The van der Waals surface area contributed by atoms with E-state index in [2.05, 4.69) is 51.4 Å². The number of carbonyl (C=O) groups is 1. The lowest BCUT2D eigenvalue weighted by molar-refractivity contribution is -0.125. The highest BCUT2D eigenvalue weighted by Gasteiger charge is 2.25. The van der Waals surface area contributed by atoms with E-state index in [9.17, 15) is 4.79 Å². The average molecular weight is 359 g/mol. The van der Waals surface area contributed by atoms with Crippen molar-refractivity contribution in [3.05, 3.63) is 52.4 Å². The van der Waals surface area contributed by atoms with Crippen molar-refractivity contribution in [3.63, 3.8) is 0 Å². The first-order chi connectivity index (χ1) is 12.0. The molecule has 25 heavy (non-hydrogen) atoms. The van der Waals surface area contributed by atoms with Gasteiger partial charge in [-0.25, -0.2) is 9.97 Å². The van der Waals surface area contributed by atoms with Gasteiger partial charge in [0, 0.05) is 31.6 Å². The fourth-order valence-corrected chi connectivity index (χ4v) is 3.31. The third kappa shape index (κ3) is 4.69. The molecular formula is C19H23ClN4O. The SMILES string of the molecule is Cc1ccc(CNC(=O)C2CCN(c3cc(Cl)nc(C)n3)CC2)cc1. The van der Waals surface area contributed by atoms with Gasteiger partial charge < -0.3 is 10.2 Å². The van der Waals surface area contributed by atoms with Crippen molar-refractivity contribution in [1.82, 2.24) is 15.3 Å². The van der Waals surface area contributed by atoms with E-state index in [0.717, 1.165) is 37.3 Å². The number of carbonyl (C=O) groups excluding carboxylic acids is 1. The summed E-state index contributed by atoms with van der Waals surface area (Å²) >= 11 is 6.02. The molecule has 1 amide bonds. The third-order valence-electron chi connectivity index (χ3n) is 4.57. The zero-order valence-electron chi connectivity index (χ0n) is 14.6. The molecule has 3 rings (SSSR count). The Balaban J connectivity index is 1.51. The predicted octanol–water partition coefficient (Wildman–Crippen LogP) is 3.28. The summed E-state index contributed by atoms with van der Waals surface area (Å²) in [7, 11) is 0. The number of hydrogen-bond donors (Lipinski definition) is 1. The number of piperidine rings is 1. The summed E-state index contributed by atoms with van der Waals surface area (Å²) in [4.78, 5) is 23.1. The molecule has 1 N–H and O–H groups in total. The number of aromatic nitrogens is 2. The molecule has 0 spiro atoms. The van der Waals surface area contributed by atoms with Crippen LogP contribution in [0.2, 0.25) is 5.15 Å². The fraction of sp³-hybridized carbons (Fsp3) is 0.421. The first kappa shape index (κ1) is 17.7. The first-order valence-electron chi connectivity index (χ1n) is 8.60. The van der Waals surface area contributed by atoms with Crippen LogP contribution >= 0.6 is 11.6 Å². The standard InChI is InChI=1S/C19H23ClN4O/c1-13-3-5-15(6-4-13)12-21-19(25)16-7-9-24(10-8-16)18-11-17(20)22-14(2)23-18/h3-6,11,16H,7-10,12H2,1-2H3,(H,21,25). The van der Waals surface area contributed by atoms with Gasteiger partial charge >= 0.3 is 0 Å². The van der Waals surface area contributed by atoms with Gasteiger partial charge in [0.05, 0.1) is 0 Å². The van der Waals surface area contributed by atoms with Gasteiger partial charge in [-0.3, -0.25) is 4.79 Å². The normalized spacial score (nSPS) is 15.2. The summed E-state index contributed by atoms with van der Waals surface area (Å²) in [6.45, 7) is 6.08. The van der Waals surface area contributed by atoms with Crippen molar-refractivity contribution in [3.8, 4) is 0 Å². The number of amides is 1. The summed E-state index contributed by atoms with van der Waals surface area (Å²) in [5.74, 6) is 1.70. The number of rotatable bonds is 4. The van der Waals surface area contributed by atoms with E-state index in [1.165, 1.54) is 5.56 Å². The van der Waals surface area contributed by atoms with Crippen molar-refractivity contribution >= 4 is 23.3 Å². The Morgan fingerprint density at radius 1 is 1.20 bits per heavy atom. The molecule has 0 radical (unpaired) electrons. The minimum atomic E-state index is 0.0557. The molecule has 5 nitrogen and oxygen atoms in total. The van der Waals surface area contributed by atoms with Gasteiger partial charge in [-0.15, -0.1) is 0 Å². The molecule has 1 aliphatic heterocycles. The Morgan fingerprint density at radius 2 is 1.88 bits per heavy atom. The van der Waals surface area contributed by atoms with Crippen molar-refractivity contribution in [2.45, 2.75) is 33.2 Å². The van der Waals surface area contributed by atoms with Crippen LogP contribution in [0.3, 0.4) is 0 Å². The largest absolute Gasteiger partial charge is 0.356 e. The van der Waals surface area contributed by atoms with Crippen LogP contribution in [-0.2, 0) is 11.3 Å². The summed E-state index contributed by atoms with van der Waals surface area (Å²) in [6, 6.07) is 10.0. The van der Waals surface area contributed by atoms with E-state index in [-0.39, 0.29) is 11.8 Å². The van der Waals surface area contributed by atoms with Gasteiger partial charge in [0.15, 0.2) is 0 Å². The lowest BCUT2D eigenvalue weighted by atomic mass is 9.96. The van der Waals surface area contributed by atoms with Crippen LogP contribution in [0, 0.1) is 19.8 Å². The lowest BCUT2D eigenvalue weighted by Crippen LogP contribution is -2.40. The Morgan fingerprint density at radius 3 is 2.52 bits per heavy atom. The quantitative estimate of drug-likeness (QED) is 0.852. The van der Waals surface area contributed by atoms with E-state index in [1.807, 2.05) is 6.92 Å². The van der Waals surface area contributed by atoms with E-state index in [4.69, 9.17) is 11.6 Å². The zero-order chi connectivity index (χ0) is 17.8. The van der Waals surface area contributed by atoms with E-state index < -0.39 is 0 Å². The summed E-state index contributed by atoms with van der Waals surface area (Å²) < 4.78 is 0. The van der Waals surface area contributed by atoms with Gasteiger partial charge in [0.25, 0.3) is 0 Å². The topological polar surface area (TPSA) is 58.1 Å². The Kier molecular flexibility index (Phi) is 5.53. The Labute approximate surface area is 153 Å². The molecule has 132 valence electrons. The molecule has 2 aromatic rings. The number of anilines is 1. The molecule has 0 unspecified atom stereocenters. The van der Waals surface area contributed by atoms with Gasteiger partial charge in [-0.2, -0.15) is 0 Å². The number of nitrogens with zero attached hydrogens (tertiary/aromatic N) is 3. The number of hydrogen-bond acceptors (Lipinski definition) is 4. The zero-order valence-corrected chi connectivity index (χ0v) is 15.4. The molecule has 1 saturated heterocycles. The molecule has 2 heterocycles. The van der Waals surface area contributed by atoms with Crippen LogP contribution in [0.25, 0.3) is 0 Å².